The molecule has 0 aromatic rings. The highest BCUT2D eigenvalue weighted by atomic mass is 16.8. The van der Waals surface area contributed by atoms with Crippen molar-refractivity contribution in [3.8, 4) is 0 Å². The first-order chi connectivity index (χ1) is 59.1. The fraction of sp³-hybridized carbons (Fsp3) is 0.929. The maximum atomic E-state index is 13.5. The Labute approximate surface area is 708 Å². The summed E-state index contributed by atoms with van der Waals surface area (Å²) in [5.41, 5.74) is 0. The fourth-order valence-corrected chi connectivity index (χ4v) is 16.2. The van der Waals surface area contributed by atoms with E-state index in [-0.39, 0.29) is 0 Å². The minimum absolute atomic E-state index is 0.867. The Hall–Kier alpha value is -4.45. The lowest BCUT2D eigenvalue weighted by Crippen LogP contribution is -2.72. The van der Waals surface area contributed by atoms with Gasteiger partial charge >= 0.3 is 0 Å². The van der Waals surface area contributed by atoms with Gasteiger partial charge in [-0.3, -0.25) is 24.0 Å². The normalized spacial score (nSPS) is 48.7. The molecule has 10 saturated heterocycles. The van der Waals surface area contributed by atoms with Gasteiger partial charge in [0.05, 0.1) is 65.6 Å². The van der Waals surface area contributed by atoms with Gasteiger partial charge in [-0.15, -0.1) is 0 Å². The molecule has 0 radical (unpaired) electrons. The zero-order valence-corrected chi connectivity index (χ0v) is 67.7. The smallest absolute Gasteiger partial charge is 0.217 e. The van der Waals surface area contributed by atoms with Gasteiger partial charge in [-0.05, 0) is 6.92 Å². The van der Waals surface area contributed by atoms with Crippen molar-refractivity contribution in [2.24, 2.45) is 0 Å². The molecule has 0 saturated carbocycles. The van der Waals surface area contributed by atoms with Gasteiger partial charge in [-0.1, -0.05) is 0 Å². The highest BCUT2D eigenvalue weighted by Crippen LogP contribution is 2.42. The molecule has 31 N–H and O–H groups in total. The molecule has 0 aromatic heterocycles. The van der Waals surface area contributed by atoms with Gasteiger partial charge in [-0.25, -0.2) is 0 Å². The molecular weight excluding hydrogens is 1710 g/mol. The number of amides is 5. The molecule has 722 valence electrons. The second-order valence-electron chi connectivity index (χ2n) is 31.7. The van der Waals surface area contributed by atoms with Crippen LogP contribution >= 0.6 is 0 Å². The molecule has 50 atom stereocenters. The van der Waals surface area contributed by atoms with E-state index in [1.165, 1.54) is 6.92 Å². The molecule has 0 aliphatic carbocycles. The van der Waals surface area contributed by atoms with Crippen LogP contribution < -0.4 is 26.6 Å². The van der Waals surface area contributed by atoms with Crippen molar-refractivity contribution >= 4 is 29.5 Å². The summed E-state index contributed by atoms with van der Waals surface area (Å²) in [6.45, 7) is -4.53. The molecule has 0 aromatic carbocycles. The lowest BCUT2D eigenvalue weighted by molar-refractivity contribution is -0.409. The lowest BCUT2D eigenvalue weighted by Gasteiger charge is -2.52. The standard InChI is InChI=1S/C70H117N5O50/c1-16-36(88)47(99)51(103)66(109-16)107-14-29-56(44(96)31(61(106)110-29)71-17(2)83)119-64-34(74-20(5)86)45(97)55(28(13-82)116-64)121-68-53(105)58(123-70-60(50(102)41(93)26(11-80)115-70)125-63-33(73-19(4)85)43(95)38(90)23(8-77)112-63)57(122-65-35(75-21(6)87)46(98)54(27(12-81)117-65)120-67-52(104)48(100)39(91)24(9-78)113-67)30(118-68)15-108-69-59(49(101)40(92)25(10-79)114-69)124-62-32(72-18(3)84)42(94)37(89)22(7-76)111-62/h16,22-70,76-82,88-106H,7-15H2,1-6H3,(H,71,83)(H,72,84)(H,73,85)(H,74,86)(H,75,87)/t16-,22+,23+,24+,25+,26+,27+,28+,29+,30+,31+,32+,33+,34+,35+,36+,37+,38+,39-,40+,41+,42+,43+,44+,45+,46+,47+,48-,49-,50-,51-,52+,53-,54+,55+,56+,57+,58+,59-,60-,61+,62-,63-,64-,65-,66+,67-,68-,69-,70+/m0/s1. The molecule has 55 heteroatoms. The minimum Gasteiger partial charge on any atom is -0.394 e. The summed E-state index contributed by atoms with van der Waals surface area (Å²) in [5.74, 6) is -4.81. The quantitative estimate of drug-likeness (QED) is 0.0297. The molecule has 10 heterocycles. The second-order valence-corrected chi connectivity index (χ2v) is 31.7. The molecule has 0 unspecified atom stereocenters. The SMILES string of the molecule is CC(=O)N[C@@H]1[C@@H](O)[C@H](O[C@@H]2O[C@H](CO)[C@@H](O[C@@H]3O[C@H](CO[C@H]4O[C@H](CO)[C@@H](O)[C@H](O)[C@@H]4O[C@@H]4O[C@H](CO)[C@@H](O)[C@H](O)[C@H]4NC(C)=O)[C@@H](O[C@@H]4O[C@H](CO)[C@@H](O[C@@H]5O[C@H](CO)[C@H](O)[C@H](O)[C@H]5O)[C@H](O)[C@H]4NC(C)=O)[C@H](O[C@H]4O[C@H](CO)[C@@H](O)[C@H](O)[C@@H]4O[C@@H]4O[C@H](CO)[C@@H](O)[C@H](O)[C@H]4NC(C)=O)[C@@H]3O)[C@H](O)[C@H]2NC(C)=O)[C@@H](CO[C@@H]2O[C@@H](C)[C@@H](O)[C@@H](O)[C@@H]2O)O[C@H]1O. The Balaban J connectivity index is 1.10. The topological polar surface area (TPSA) is 847 Å². The van der Waals surface area contributed by atoms with E-state index in [1.54, 1.807) is 0 Å². The summed E-state index contributed by atoms with van der Waals surface area (Å²) in [5, 5.41) is 305. The third-order valence-electron chi connectivity index (χ3n) is 22.8. The Morgan fingerprint density at radius 2 is 0.488 bits per heavy atom. The molecule has 10 aliphatic heterocycles. The average molecular weight is 1830 g/mol. The van der Waals surface area contributed by atoms with E-state index in [0.29, 0.717) is 0 Å². The zero-order chi connectivity index (χ0) is 92.1. The highest BCUT2D eigenvalue weighted by Gasteiger charge is 2.62. The Bertz CT molecular complexity index is 3420. The number of rotatable bonds is 32. The molecule has 10 rings (SSSR count). The van der Waals surface area contributed by atoms with Crippen LogP contribution in [0.3, 0.4) is 0 Å². The Morgan fingerprint density at radius 3 is 0.904 bits per heavy atom. The van der Waals surface area contributed by atoms with Gasteiger partial charge in [0.15, 0.2) is 62.9 Å². The lowest BCUT2D eigenvalue weighted by atomic mass is 9.93. The van der Waals surface area contributed by atoms with Crippen LogP contribution in [-0.2, 0) is 114 Å². The molecule has 5 amide bonds. The largest absolute Gasteiger partial charge is 0.394 e. The third kappa shape index (κ3) is 23.1. The van der Waals surface area contributed by atoms with Crippen molar-refractivity contribution in [1.82, 2.24) is 26.6 Å². The summed E-state index contributed by atoms with van der Waals surface area (Å²) in [6, 6.07) is -9.81. The van der Waals surface area contributed by atoms with Gasteiger partial charge < -0.3 is 249 Å². The van der Waals surface area contributed by atoms with Crippen LogP contribution in [0.1, 0.15) is 41.5 Å². The van der Waals surface area contributed by atoms with Gasteiger partial charge in [0.25, 0.3) is 0 Å². The number of carbonyl (C=O) groups excluding carboxylic acids is 5. The van der Waals surface area contributed by atoms with Crippen LogP contribution in [0.4, 0.5) is 0 Å². The fourth-order valence-electron chi connectivity index (χ4n) is 16.2. The molecule has 10 fully saturated rings. The van der Waals surface area contributed by atoms with Crippen LogP contribution in [-0.4, -0.2) is 529 Å². The first kappa shape index (κ1) is 103. The van der Waals surface area contributed by atoms with Crippen LogP contribution in [0.15, 0.2) is 0 Å². The van der Waals surface area contributed by atoms with E-state index in [0.717, 1.165) is 34.6 Å². The van der Waals surface area contributed by atoms with E-state index in [2.05, 4.69) is 26.6 Å². The monoisotopic (exact) mass is 1830 g/mol. The molecular formula is C70H117N5O50. The highest BCUT2D eigenvalue weighted by molar-refractivity contribution is 5.75. The number of aliphatic hydroxyl groups is 26. The average Bonchev–Trinajstić information content (AvgIpc) is 0.747. The molecule has 10 aliphatic rings. The van der Waals surface area contributed by atoms with Gasteiger partial charge in [0, 0.05) is 34.6 Å². The van der Waals surface area contributed by atoms with Crippen molar-refractivity contribution in [1.29, 1.82) is 0 Å². The maximum Gasteiger partial charge on any atom is 0.217 e. The number of ether oxygens (including phenoxy) is 19. The first-order valence-corrected chi connectivity index (χ1v) is 40.0. The number of carbonyl (C=O) groups is 5. The number of hydrogen-bond donors (Lipinski definition) is 31. The third-order valence-corrected chi connectivity index (χ3v) is 22.8. The van der Waals surface area contributed by atoms with E-state index in [4.69, 9.17) is 90.0 Å². The van der Waals surface area contributed by atoms with E-state index in [9.17, 15) is 157 Å². The van der Waals surface area contributed by atoms with Crippen molar-refractivity contribution in [2.45, 2.75) is 348 Å². The molecule has 0 spiro atoms. The van der Waals surface area contributed by atoms with E-state index in [1.807, 2.05) is 0 Å². The van der Waals surface area contributed by atoms with Gasteiger partial charge in [0.2, 0.25) is 29.5 Å². The maximum absolute atomic E-state index is 13.5. The van der Waals surface area contributed by atoms with Crippen LogP contribution in [0.5, 0.6) is 0 Å². The minimum atomic E-state index is -2.80. The van der Waals surface area contributed by atoms with Crippen molar-refractivity contribution in [3.63, 3.8) is 0 Å². The zero-order valence-electron chi connectivity index (χ0n) is 67.7. The van der Waals surface area contributed by atoms with E-state index >= 15 is 0 Å². The van der Waals surface area contributed by atoms with Crippen molar-refractivity contribution in [2.75, 3.05) is 59.5 Å². The van der Waals surface area contributed by atoms with Crippen molar-refractivity contribution < 1.29 is 247 Å². The summed E-state index contributed by atoms with van der Waals surface area (Å²) in [4.78, 5) is 65.0. The number of aliphatic hydroxyl groups excluding tert-OH is 26. The Kier molecular flexibility index (Phi) is 36.8. The van der Waals surface area contributed by atoms with Crippen LogP contribution in [0, 0.1) is 0 Å². The Morgan fingerprint density at radius 1 is 0.224 bits per heavy atom. The van der Waals surface area contributed by atoms with Crippen LogP contribution in [0.25, 0.3) is 0 Å². The molecule has 0 bridgehead atoms. The summed E-state index contributed by atoms with van der Waals surface area (Å²) < 4.78 is 116. The predicted octanol–water partition coefficient (Wildman–Crippen LogP) is -21.1. The number of nitrogens with one attached hydrogen (secondary N) is 5. The molecule has 125 heavy (non-hydrogen) atoms. The second kappa shape index (κ2) is 44.9. The summed E-state index contributed by atoms with van der Waals surface area (Å²) in [6.07, 6.45) is -96.5. The molecule has 55 nitrogen and oxygen atoms in total. The summed E-state index contributed by atoms with van der Waals surface area (Å²) >= 11 is 0. The van der Waals surface area contributed by atoms with E-state index < -0.39 is 396 Å². The predicted molar refractivity (Wildman–Crippen MR) is 386 cm³/mol. The van der Waals surface area contributed by atoms with Crippen molar-refractivity contribution in [3.05, 3.63) is 0 Å². The summed E-state index contributed by atoms with van der Waals surface area (Å²) in [7, 11) is 0. The van der Waals surface area contributed by atoms with Gasteiger partial charge in [0.1, 0.15) is 238 Å². The number of hydrogen-bond acceptors (Lipinski definition) is 50. The van der Waals surface area contributed by atoms with Gasteiger partial charge in [-0.2, -0.15) is 0 Å². The van der Waals surface area contributed by atoms with Crippen LogP contribution in [0.2, 0.25) is 0 Å². The first-order valence-electron chi connectivity index (χ1n) is 40.0.